The lowest BCUT2D eigenvalue weighted by Crippen LogP contribution is -2.45. The molecule has 0 spiro atoms. The van der Waals surface area contributed by atoms with Crippen LogP contribution in [0.1, 0.15) is 12.1 Å². The molecule has 0 aromatic carbocycles. The Hall–Kier alpha value is -1.40. The molecule has 1 aromatic rings. The summed E-state index contributed by atoms with van der Waals surface area (Å²) >= 11 is 0. The molecule has 0 saturated carbocycles. The fourth-order valence-corrected chi connectivity index (χ4v) is 2.17. The third-order valence-electron chi connectivity index (χ3n) is 3.76. The molecule has 1 fully saturated rings. The van der Waals surface area contributed by atoms with Gasteiger partial charge in [0.1, 0.15) is 0 Å². The van der Waals surface area contributed by atoms with Gasteiger partial charge in [0.2, 0.25) is 5.91 Å². The van der Waals surface area contributed by atoms with Crippen molar-refractivity contribution in [3.05, 3.63) is 11.9 Å². The predicted octanol–water partition coefficient (Wildman–Crippen LogP) is 0.305. The largest absolute Gasteiger partial charge is 0.323 e. The first-order chi connectivity index (χ1) is 9.06. The molecule has 2 rings (SSSR count). The molecule has 106 valence electrons. The van der Waals surface area contributed by atoms with E-state index in [0.29, 0.717) is 6.42 Å². The van der Waals surface area contributed by atoms with Gasteiger partial charge in [-0.2, -0.15) is 5.10 Å². The van der Waals surface area contributed by atoms with Gasteiger partial charge in [-0.1, -0.05) is 0 Å². The fourth-order valence-electron chi connectivity index (χ4n) is 2.17. The van der Waals surface area contributed by atoms with Crippen LogP contribution in [-0.2, 0) is 11.8 Å². The smallest absolute Gasteiger partial charge is 0.225 e. The first kappa shape index (κ1) is 14.0. The minimum absolute atomic E-state index is 0.0648. The van der Waals surface area contributed by atoms with Crippen LogP contribution in [0.3, 0.4) is 0 Å². The Morgan fingerprint density at radius 2 is 2.00 bits per heavy atom. The highest BCUT2D eigenvalue weighted by Crippen LogP contribution is 2.12. The molecule has 1 aliphatic heterocycles. The van der Waals surface area contributed by atoms with Crippen molar-refractivity contribution >= 4 is 11.6 Å². The number of nitrogens with one attached hydrogen (secondary N) is 1. The Kier molecular flexibility index (Phi) is 4.55. The molecule has 1 aromatic heterocycles. The number of hydrogen-bond donors (Lipinski definition) is 1. The van der Waals surface area contributed by atoms with E-state index in [-0.39, 0.29) is 5.91 Å². The molecular weight excluding hydrogens is 242 g/mol. The van der Waals surface area contributed by atoms with Gasteiger partial charge >= 0.3 is 0 Å². The maximum atomic E-state index is 11.9. The number of rotatable bonds is 4. The lowest BCUT2D eigenvalue weighted by atomic mass is 10.3. The van der Waals surface area contributed by atoms with Gasteiger partial charge in [0, 0.05) is 46.2 Å². The van der Waals surface area contributed by atoms with Crippen LogP contribution in [0.5, 0.6) is 0 Å². The summed E-state index contributed by atoms with van der Waals surface area (Å²) in [5.74, 6) is 0.0648. The van der Waals surface area contributed by atoms with Crippen LogP contribution in [0.2, 0.25) is 0 Å². The summed E-state index contributed by atoms with van der Waals surface area (Å²) in [6.45, 7) is 7.06. The third kappa shape index (κ3) is 3.78. The van der Waals surface area contributed by atoms with E-state index < -0.39 is 0 Å². The van der Waals surface area contributed by atoms with Crippen molar-refractivity contribution < 1.29 is 4.79 Å². The van der Waals surface area contributed by atoms with Gasteiger partial charge < -0.3 is 15.1 Å². The summed E-state index contributed by atoms with van der Waals surface area (Å²) in [6, 6.07) is 0. The van der Waals surface area contributed by atoms with Crippen LogP contribution in [0, 0.1) is 6.92 Å². The van der Waals surface area contributed by atoms with E-state index in [1.54, 1.807) is 10.9 Å². The molecule has 2 heterocycles. The highest BCUT2D eigenvalue weighted by atomic mass is 16.1. The number of carbonyl (C=O) groups is 1. The van der Waals surface area contributed by atoms with Crippen LogP contribution < -0.4 is 5.32 Å². The summed E-state index contributed by atoms with van der Waals surface area (Å²) in [5.41, 5.74) is 1.79. The highest BCUT2D eigenvalue weighted by molar-refractivity contribution is 5.91. The monoisotopic (exact) mass is 265 g/mol. The molecule has 0 unspecified atom stereocenters. The second-order valence-corrected chi connectivity index (χ2v) is 5.21. The summed E-state index contributed by atoms with van der Waals surface area (Å²) in [6.07, 6.45) is 2.24. The van der Waals surface area contributed by atoms with Crippen molar-refractivity contribution in [2.75, 3.05) is 45.1 Å². The average molecular weight is 265 g/mol. The van der Waals surface area contributed by atoms with E-state index in [1.807, 2.05) is 14.0 Å². The number of likely N-dealkylation sites (N-methyl/N-ethyl adjacent to an activating group) is 1. The minimum Gasteiger partial charge on any atom is -0.323 e. The molecule has 0 radical (unpaired) electrons. The molecule has 0 bridgehead atoms. The number of hydrogen-bond acceptors (Lipinski definition) is 4. The Morgan fingerprint density at radius 3 is 2.58 bits per heavy atom. The zero-order chi connectivity index (χ0) is 13.8. The fraction of sp³-hybridized carbons (Fsp3) is 0.692. The van der Waals surface area contributed by atoms with Crippen LogP contribution in [0.25, 0.3) is 0 Å². The zero-order valence-electron chi connectivity index (χ0n) is 12.0. The molecule has 0 atom stereocenters. The number of aryl methyl sites for hydroxylation is 1. The second kappa shape index (κ2) is 6.16. The molecule has 1 amide bonds. The standard InChI is InChI=1S/C13H23N5O/c1-11-12(10-14-17(11)3)15-13(19)4-5-18-8-6-16(2)7-9-18/h10H,4-9H2,1-3H3,(H,15,19). The molecule has 6 nitrogen and oxygen atoms in total. The number of aromatic nitrogens is 2. The lowest BCUT2D eigenvalue weighted by Gasteiger charge is -2.32. The first-order valence-corrected chi connectivity index (χ1v) is 6.75. The maximum absolute atomic E-state index is 11.9. The van der Waals surface area contributed by atoms with E-state index in [1.165, 1.54) is 0 Å². The van der Waals surface area contributed by atoms with Crippen molar-refractivity contribution in [1.29, 1.82) is 0 Å². The van der Waals surface area contributed by atoms with E-state index >= 15 is 0 Å². The number of amides is 1. The Morgan fingerprint density at radius 1 is 1.32 bits per heavy atom. The van der Waals surface area contributed by atoms with Crippen LogP contribution in [0.15, 0.2) is 6.20 Å². The molecule has 6 heteroatoms. The van der Waals surface area contributed by atoms with Gasteiger partial charge in [-0.25, -0.2) is 0 Å². The van der Waals surface area contributed by atoms with Crippen LogP contribution in [-0.4, -0.2) is 65.3 Å². The van der Waals surface area contributed by atoms with Gasteiger partial charge in [0.25, 0.3) is 0 Å². The van der Waals surface area contributed by atoms with E-state index in [0.717, 1.165) is 44.1 Å². The summed E-state index contributed by atoms with van der Waals surface area (Å²) < 4.78 is 1.76. The molecule has 19 heavy (non-hydrogen) atoms. The summed E-state index contributed by atoms with van der Waals surface area (Å²) in [4.78, 5) is 16.6. The summed E-state index contributed by atoms with van der Waals surface area (Å²) in [5, 5.41) is 7.03. The molecule has 0 aliphatic carbocycles. The Labute approximate surface area is 114 Å². The first-order valence-electron chi connectivity index (χ1n) is 6.75. The van der Waals surface area contributed by atoms with Crippen LogP contribution in [0.4, 0.5) is 5.69 Å². The number of nitrogens with zero attached hydrogens (tertiary/aromatic N) is 4. The molecular formula is C13H23N5O. The maximum Gasteiger partial charge on any atom is 0.225 e. The van der Waals surface area contributed by atoms with Crippen molar-refractivity contribution in [3.63, 3.8) is 0 Å². The topological polar surface area (TPSA) is 53.4 Å². The Balaban J connectivity index is 1.74. The van der Waals surface area contributed by atoms with Crippen molar-refractivity contribution in [3.8, 4) is 0 Å². The molecule has 1 saturated heterocycles. The van der Waals surface area contributed by atoms with Crippen molar-refractivity contribution in [1.82, 2.24) is 19.6 Å². The second-order valence-electron chi connectivity index (χ2n) is 5.21. The number of carbonyl (C=O) groups excluding carboxylic acids is 1. The predicted molar refractivity (Wildman–Crippen MR) is 75.1 cm³/mol. The van der Waals surface area contributed by atoms with E-state index in [2.05, 4.69) is 27.3 Å². The SMILES string of the molecule is Cc1c(NC(=O)CCN2CCN(C)CC2)cnn1C. The average Bonchev–Trinajstić information content (AvgIpc) is 2.70. The third-order valence-corrected chi connectivity index (χ3v) is 3.76. The normalized spacial score (nSPS) is 17.6. The minimum atomic E-state index is 0.0648. The van der Waals surface area contributed by atoms with Gasteiger partial charge in [-0.05, 0) is 14.0 Å². The van der Waals surface area contributed by atoms with Gasteiger partial charge in [0.15, 0.2) is 0 Å². The zero-order valence-corrected chi connectivity index (χ0v) is 12.0. The molecule has 1 N–H and O–H groups in total. The van der Waals surface area contributed by atoms with Gasteiger partial charge in [-0.3, -0.25) is 9.48 Å². The highest BCUT2D eigenvalue weighted by Gasteiger charge is 2.15. The van der Waals surface area contributed by atoms with Crippen molar-refractivity contribution in [2.24, 2.45) is 7.05 Å². The number of anilines is 1. The van der Waals surface area contributed by atoms with Crippen LogP contribution >= 0.6 is 0 Å². The molecule has 1 aliphatic rings. The lowest BCUT2D eigenvalue weighted by molar-refractivity contribution is -0.116. The van der Waals surface area contributed by atoms with Crippen molar-refractivity contribution in [2.45, 2.75) is 13.3 Å². The number of piperazine rings is 1. The summed E-state index contributed by atoms with van der Waals surface area (Å²) in [7, 11) is 4.00. The van der Waals surface area contributed by atoms with E-state index in [9.17, 15) is 4.79 Å². The Bertz CT molecular complexity index is 434. The quantitative estimate of drug-likeness (QED) is 0.851. The van der Waals surface area contributed by atoms with Gasteiger partial charge in [-0.15, -0.1) is 0 Å². The van der Waals surface area contributed by atoms with Gasteiger partial charge in [0.05, 0.1) is 17.6 Å². The van der Waals surface area contributed by atoms with E-state index in [4.69, 9.17) is 0 Å².